The SMILES string of the molecule is C[C@@H](C(=O)NCCCN1CCCC1)C1CCN(S(=O)(=O)c2ccc(Br)s2)CC1. The summed E-state index contributed by atoms with van der Waals surface area (Å²) in [6, 6.07) is 3.41. The minimum atomic E-state index is -3.42. The standard InChI is InChI=1S/C19H30BrN3O3S2/c1-15(19(24)21-9-4-12-22-10-2-3-11-22)16-7-13-23(14-8-16)28(25,26)18-6-5-17(20)27-18/h5-6,15-16H,2-4,7-14H2,1H3,(H,21,24)/t15-/m1/s1. The van der Waals surface area contributed by atoms with E-state index in [0.29, 0.717) is 17.3 Å². The van der Waals surface area contributed by atoms with Gasteiger partial charge in [-0.2, -0.15) is 4.31 Å². The maximum absolute atomic E-state index is 12.7. The summed E-state index contributed by atoms with van der Waals surface area (Å²) >= 11 is 4.57. The fourth-order valence-corrected chi connectivity index (χ4v) is 7.71. The van der Waals surface area contributed by atoms with Crippen LogP contribution >= 0.6 is 27.3 Å². The third-order valence-electron chi connectivity index (χ3n) is 5.91. The molecule has 1 N–H and O–H groups in total. The van der Waals surface area contributed by atoms with E-state index in [0.717, 1.165) is 36.1 Å². The molecule has 1 atom stereocenters. The summed E-state index contributed by atoms with van der Waals surface area (Å²) in [5.74, 6) is 0.262. The van der Waals surface area contributed by atoms with Crippen LogP contribution in [0.5, 0.6) is 0 Å². The molecule has 0 unspecified atom stereocenters. The Balaban J connectivity index is 1.41. The molecule has 1 aromatic rings. The molecule has 0 radical (unpaired) electrons. The molecule has 0 aliphatic carbocycles. The third-order valence-corrected chi connectivity index (χ3v) is 9.90. The highest BCUT2D eigenvalue weighted by molar-refractivity contribution is 9.11. The van der Waals surface area contributed by atoms with Crippen molar-refractivity contribution in [2.24, 2.45) is 11.8 Å². The monoisotopic (exact) mass is 491 g/mol. The zero-order chi connectivity index (χ0) is 20.1. The van der Waals surface area contributed by atoms with Crippen molar-refractivity contribution in [2.75, 3.05) is 39.3 Å². The second-order valence-corrected chi connectivity index (χ2v) is 12.4. The largest absolute Gasteiger partial charge is 0.356 e. The van der Waals surface area contributed by atoms with Gasteiger partial charge in [0.2, 0.25) is 5.91 Å². The van der Waals surface area contributed by atoms with Gasteiger partial charge in [-0.25, -0.2) is 8.42 Å². The molecule has 6 nitrogen and oxygen atoms in total. The lowest BCUT2D eigenvalue weighted by Gasteiger charge is -2.33. The molecule has 3 rings (SSSR count). The number of piperidine rings is 1. The molecule has 2 fully saturated rings. The van der Waals surface area contributed by atoms with Gasteiger partial charge in [-0.05, 0) is 85.7 Å². The molecule has 2 aliphatic rings. The number of halogens is 1. The number of likely N-dealkylation sites (tertiary alicyclic amines) is 1. The van der Waals surface area contributed by atoms with Crippen molar-refractivity contribution in [2.45, 2.75) is 43.2 Å². The lowest BCUT2D eigenvalue weighted by atomic mass is 9.85. The molecule has 0 aromatic carbocycles. The Morgan fingerprint density at radius 1 is 1.25 bits per heavy atom. The van der Waals surface area contributed by atoms with Crippen molar-refractivity contribution < 1.29 is 13.2 Å². The number of sulfonamides is 1. The van der Waals surface area contributed by atoms with Crippen molar-refractivity contribution in [1.29, 1.82) is 0 Å². The van der Waals surface area contributed by atoms with Crippen LogP contribution in [0.1, 0.15) is 39.0 Å². The number of nitrogens with zero attached hydrogens (tertiary/aromatic N) is 2. The van der Waals surface area contributed by atoms with E-state index in [1.165, 1.54) is 37.3 Å². The highest BCUT2D eigenvalue weighted by Crippen LogP contribution is 2.32. The predicted octanol–water partition coefficient (Wildman–Crippen LogP) is 3.15. The zero-order valence-corrected chi connectivity index (χ0v) is 19.6. The molecule has 0 saturated carbocycles. The van der Waals surface area contributed by atoms with Crippen LogP contribution in [0, 0.1) is 11.8 Å². The lowest BCUT2D eigenvalue weighted by molar-refractivity contribution is -0.126. The van der Waals surface area contributed by atoms with Crippen molar-refractivity contribution in [3.63, 3.8) is 0 Å². The first-order valence-electron chi connectivity index (χ1n) is 10.1. The molecule has 1 aromatic heterocycles. The fraction of sp³-hybridized carbons (Fsp3) is 0.737. The zero-order valence-electron chi connectivity index (χ0n) is 16.4. The van der Waals surface area contributed by atoms with Crippen LogP contribution in [0.3, 0.4) is 0 Å². The summed E-state index contributed by atoms with van der Waals surface area (Å²) in [5, 5.41) is 3.07. The number of thiophene rings is 1. The fourth-order valence-electron chi connectivity index (χ4n) is 4.08. The lowest BCUT2D eigenvalue weighted by Crippen LogP contribution is -2.42. The van der Waals surface area contributed by atoms with Gasteiger partial charge in [0.15, 0.2) is 0 Å². The molecule has 3 heterocycles. The van der Waals surface area contributed by atoms with Gasteiger partial charge in [0, 0.05) is 25.6 Å². The Hall–Kier alpha value is -0.480. The molecule has 9 heteroatoms. The molecular formula is C19H30BrN3O3S2. The van der Waals surface area contributed by atoms with Crippen LogP contribution in [0.2, 0.25) is 0 Å². The van der Waals surface area contributed by atoms with Crippen LogP contribution < -0.4 is 5.32 Å². The molecular weight excluding hydrogens is 462 g/mol. The van der Waals surface area contributed by atoms with E-state index >= 15 is 0 Å². The Morgan fingerprint density at radius 2 is 1.93 bits per heavy atom. The average molecular weight is 493 g/mol. The number of nitrogens with one attached hydrogen (secondary N) is 1. The summed E-state index contributed by atoms with van der Waals surface area (Å²) in [5.41, 5.74) is 0. The maximum Gasteiger partial charge on any atom is 0.252 e. The molecule has 0 spiro atoms. The van der Waals surface area contributed by atoms with Gasteiger partial charge in [-0.1, -0.05) is 6.92 Å². The topological polar surface area (TPSA) is 69.7 Å². The van der Waals surface area contributed by atoms with Crippen molar-refractivity contribution in [3.05, 3.63) is 15.9 Å². The van der Waals surface area contributed by atoms with Gasteiger partial charge >= 0.3 is 0 Å². The van der Waals surface area contributed by atoms with E-state index in [1.807, 2.05) is 6.92 Å². The normalized spacial score (nSPS) is 21.1. The first-order valence-corrected chi connectivity index (χ1v) is 13.2. The first kappa shape index (κ1) is 22.2. The van der Waals surface area contributed by atoms with Crippen molar-refractivity contribution in [3.8, 4) is 0 Å². The summed E-state index contributed by atoms with van der Waals surface area (Å²) in [6.45, 7) is 7.09. The van der Waals surface area contributed by atoms with E-state index in [1.54, 1.807) is 16.4 Å². The van der Waals surface area contributed by atoms with Crippen LogP contribution in [0.15, 0.2) is 20.1 Å². The van der Waals surface area contributed by atoms with E-state index in [2.05, 4.69) is 26.1 Å². The minimum Gasteiger partial charge on any atom is -0.356 e. The van der Waals surface area contributed by atoms with Crippen molar-refractivity contribution >= 4 is 43.2 Å². The Morgan fingerprint density at radius 3 is 2.54 bits per heavy atom. The minimum absolute atomic E-state index is 0.0764. The van der Waals surface area contributed by atoms with Crippen LogP contribution in [-0.2, 0) is 14.8 Å². The van der Waals surface area contributed by atoms with Gasteiger partial charge in [0.25, 0.3) is 10.0 Å². The van der Waals surface area contributed by atoms with Crippen molar-refractivity contribution in [1.82, 2.24) is 14.5 Å². The van der Waals surface area contributed by atoms with Gasteiger partial charge in [-0.15, -0.1) is 11.3 Å². The third kappa shape index (κ3) is 5.56. The Bertz CT molecular complexity index is 754. The molecule has 0 bridgehead atoms. The second kappa shape index (κ2) is 10.0. The number of hydrogen-bond donors (Lipinski definition) is 1. The molecule has 2 saturated heterocycles. The quantitative estimate of drug-likeness (QED) is 0.567. The molecule has 2 aliphatic heterocycles. The Labute approximate surface area is 180 Å². The smallest absolute Gasteiger partial charge is 0.252 e. The Kier molecular flexibility index (Phi) is 7.95. The van der Waals surface area contributed by atoms with Crippen LogP contribution in [0.25, 0.3) is 0 Å². The van der Waals surface area contributed by atoms with Gasteiger partial charge in [0.1, 0.15) is 4.21 Å². The van der Waals surface area contributed by atoms with E-state index < -0.39 is 10.0 Å². The summed E-state index contributed by atoms with van der Waals surface area (Å²) in [4.78, 5) is 14.9. The summed E-state index contributed by atoms with van der Waals surface area (Å²) < 4.78 is 28.2. The number of amides is 1. The van der Waals surface area contributed by atoms with Gasteiger partial charge in [-0.3, -0.25) is 4.79 Å². The molecule has 1 amide bonds. The number of rotatable bonds is 8. The van der Waals surface area contributed by atoms with E-state index in [4.69, 9.17) is 0 Å². The first-order chi connectivity index (χ1) is 13.4. The highest BCUT2D eigenvalue weighted by atomic mass is 79.9. The van der Waals surface area contributed by atoms with E-state index in [9.17, 15) is 13.2 Å². The summed E-state index contributed by atoms with van der Waals surface area (Å²) in [7, 11) is -3.42. The molecule has 28 heavy (non-hydrogen) atoms. The number of carbonyl (C=O) groups is 1. The van der Waals surface area contributed by atoms with Gasteiger partial charge < -0.3 is 10.2 Å². The van der Waals surface area contributed by atoms with Gasteiger partial charge in [0.05, 0.1) is 3.79 Å². The number of carbonyl (C=O) groups excluding carboxylic acids is 1. The van der Waals surface area contributed by atoms with Crippen LogP contribution in [-0.4, -0.2) is 62.8 Å². The highest BCUT2D eigenvalue weighted by Gasteiger charge is 2.34. The average Bonchev–Trinajstić information content (AvgIpc) is 3.36. The predicted molar refractivity (Wildman–Crippen MR) is 116 cm³/mol. The molecule has 158 valence electrons. The summed E-state index contributed by atoms with van der Waals surface area (Å²) in [6.07, 6.45) is 5.04. The second-order valence-electron chi connectivity index (χ2n) is 7.78. The maximum atomic E-state index is 12.7. The van der Waals surface area contributed by atoms with Crippen LogP contribution in [0.4, 0.5) is 0 Å². The van der Waals surface area contributed by atoms with E-state index in [-0.39, 0.29) is 17.7 Å². The number of hydrogen-bond acceptors (Lipinski definition) is 5.